The van der Waals surface area contributed by atoms with Crippen molar-refractivity contribution in [3.63, 3.8) is 0 Å². The van der Waals surface area contributed by atoms with Crippen LogP contribution in [0.1, 0.15) is 51.3 Å². The van der Waals surface area contributed by atoms with Crippen molar-refractivity contribution in [1.29, 1.82) is 0 Å². The van der Waals surface area contributed by atoms with Gasteiger partial charge in [0.05, 0.1) is 0 Å². The van der Waals surface area contributed by atoms with E-state index in [1.165, 1.54) is 23.1 Å². The summed E-state index contributed by atoms with van der Waals surface area (Å²) in [4.78, 5) is 42.8. The Morgan fingerprint density at radius 3 is 2.18 bits per heavy atom. The van der Waals surface area contributed by atoms with E-state index in [0.29, 0.717) is 17.7 Å². The summed E-state index contributed by atoms with van der Waals surface area (Å²) >= 11 is 0. The molecule has 2 unspecified atom stereocenters. The van der Waals surface area contributed by atoms with E-state index in [2.05, 4.69) is 10.6 Å². The molecular weight excluding hydrogens is 558 g/mol. The summed E-state index contributed by atoms with van der Waals surface area (Å²) in [5, 5.41) is 28.2. The van der Waals surface area contributed by atoms with Gasteiger partial charge in [0.2, 0.25) is 5.91 Å². The lowest BCUT2D eigenvalue weighted by Gasteiger charge is -2.34. The lowest BCUT2D eigenvalue weighted by Crippen LogP contribution is -2.53. The molecule has 4 N–H and O–H groups in total. The van der Waals surface area contributed by atoms with Crippen molar-refractivity contribution >= 4 is 34.4 Å². The molecule has 0 aliphatic heterocycles. The van der Waals surface area contributed by atoms with Gasteiger partial charge in [0.15, 0.2) is 0 Å². The normalized spacial score (nSPS) is 12.6. The molecule has 44 heavy (non-hydrogen) atoms. The van der Waals surface area contributed by atoms with Crippen LogP contribution in [0.15, 0.2) is 91.0 Å². The molecule has 0 aliphatic rings. The molecule has 3 amide bonds. The molecule has 9 nitrogen and oxygen atoms in total. The van der Waals surface area contributed by atoms with E-state index in [1.54, 1.807) is 57.2 Å². The minimum absolute atomic E-state index is 0.0642. The molecule has 4 aromatic carbocycles. The second-order valence-electron chi connectivity index (χ2n) is 11.6. The quantitative estimate of drug-likeness (QED) is 0.170. The van der Waals surface area contributed by atoms with E-state index in [0.717, 1.165) is 10.8 Å². The first-order chi connectivity index (χ1) is 20.9. The third-order valence-corrected chi connectivity index (χ3v) is 6.92. The standard InChI is InChI=1S/C35H39N3O6/c1-5-20-38(33(42)29(37-34(43)44-35(2,3)4)21-23-14-18-27(39)19-15-23)31(28-12-8-9-13-30(28)40)32(41)36-26-17-16-24-10-6-7-11-25(24)22-26/h6-19,22,29,31,39-40H,5,20-21H2,1-4H3,(H,36,41)(H,37,43). The predicted octanol–water partition coefficient (Wildman–Crippen LogP) is 6.31. The van der Waals surface area contributed by atoms with Crippen molar-refractivity contribution in [3.05, 3.63) is 102 Å². The number of carbonyl (C=O) groups excluding carboxylic acids is 3. The number of hydrogen-bond acceptors (Lipinski definition) is 6. The molecule has 0 heterocycles. The summed E-state index contributed by atoms with van der Waals surface area (Å²) in [6, 6.07) is 23.6. The molecule has 0 radical (unpaired) electrons. The van der Waals surface area contributed by atoms with Crippen molar-refractivity contribution in [1.82, 2.24) is 10.2 Å². The minimum atomic E-state index is -1.22. The Labute approximate surface area is 257 Å². The van der Waals surface area contributed by atoms with Gasteiger partial charge in [-0.1, -0.05) is 67.6 Å². The van der Waals surface area contributed by atoms with Gasteiger partial charge in [-0.15, -0.1) is 0 Å². The molecule has 0 saturated heterocycles. The molecule has 4 aromatic rings. The number of hydrogen-bond donors (Lipinski definition) is 4. The summed E-state index contributed by atoms with van der Waals surface area (Å²) < 4.78 is 5.46. The number of nitrogens with one attached hydrogen (secondary N) is 2. The molecule has 2 atom stereocenters. The van der Waals surface area contributed by atoms with E-state index < -0.39 is 35.6 Å². The average molecular weight is 598 g/mol. The van der Waals surface area contributed by atoms with Crippen LogP contribution in [0, 0.1) is 0 Å². The highest BCUT2D eigenvalue weighted by molar-refractivity contribution is 6.00. The summed E-state index contributed by atoms with van der Waals surface area (Å²) in [7, 11) is 0. The maximum Gasteiger partial charge on any atom is 0.408 e. The maximum atomic E-state index is 14.4. The SMILES string of the molecule is CCCN(C(=O)C(Cc1ccc(O)cc1)NC(=O)OC(C)(C)C)C(C(=O)Nc1ccc2ccccc2c1)c1ccccc1O. The van der Waals surface area contributed by atoms with Crippen LogP contribution in [0.2, 0.25) is 0 Å². The van der Waals surface area contributed by atoms with Crippen LogP contribution in [-0.4, -0.2) is 51.2 Å². The van der Waals surface area contributed by atoms with Crippen LogP contribution in [0.3, 0.4) is 0 Å². The molecular formula is C35H39N3O6. The Morgan fingerprint density at radius 1 is 0.864 bits per heavy atom. The third kappa shape index (κ3) is 8.28. The molecule has 0 aromatic heterocycles. The van der Waals surface area contributed by atoms with Gasteiger partial charge in [0, 0.05) is 24.2 Å². The van der Waals surface area contributed by atoms with Gasteiger partial charge < -0.3 is 30.5 Å². The number of alkyl carbamates (subject to hydrolysis) is 1. The smallest absolute Gasteiger partial charge is 0.408 e. The number of carbonyl (C=O) groups is 3. The largest absolute Gasteiger partial charge is 0.508 e. The summed E-state index contributed by atoms with van der Waals surface area (Å²) in [6.07, 6.45) is -0.221. The highest BCUT2D eigenvalue weighted by atomic mass is 16.6. The number of aromatic hydroxyl groups is 2. The van der Waals surface area contributed by atoms with Crippen molar-refractivity contribution in [3.8, 4) is 11.5 Å². The molecule has 0 aliphatic carbocycles. The summed E-state index contributed by atoms with van der Waals surface area (Å²) in [5.41, 5.74) is 0.643. The third-order valence-electron chi connectivity index (χ3n) is 6.92. The van der Waals surface area contributed by atoms with E-state index in [1.807, 2.05) is 43.3 Å². The number of rotatable bonds is 10. The average Bonchev–Trinajstić information content (AvgIpc) is 2.97. The Balaban J connectivity index is 1.73. The fourth-order valence-corrected chi connectivity index (χ4v) is 4.97. The first kappa shape index (κ1) is 31.9. The molecule has 4 rings (SSSR count). The van der Waals surface area contributed by atoms with Crippen molar-refractivity contribution in [2.24, 2.45) is 0 Å². The number of nitrogens with zero attached hydrogens (tertiary/aromatic N) is 1. The second-order valence-corrected chi connectivity index (χ2v) is 11.6. The lowest BCUT2D eigenvalue weighted by atomic mass is 9.99. The lowest BCUT2D eigenvalue weighted by molar-refractivity contribution is -0.140. The molecule has 0 bridgehead atoms. The maximum absolute atomic E-state index is 14.4. The van der Waals surface area contributed by atoms with Gasteiger partial charge >= 0.3 is 6.09 Å². The number of amides is 3. The van der Waals surface area contributed by atoms with Gasteiger partial charge in [0.25, 0.3) is 5.91 Å². The predicted molar refractivity (Wildman–Crippen MR) is 170 cm³/mol. The van der Waals surface area contributed by atoms with Gasteiger partial charge in [-0.25, -0.2) is 4.79 Å². The Bertz CT molecular complexity index is 1610. The fraction of sp³-hybridized carbons (Fsp3) is 0.286. The fourth-order valence-electron chi connectivity index (χ4n) is 4.97. The second kappa shape index (κ2) is 13.9. The number of phenolic OH excluding ortho intramolecular Hbond substituents is 2. The zero-order valence-electron chi connectivity index (χ0n) is 25.4. The molecule has 0 spiro atoms. The Kier molecular flexibility index (Phi) is 10.1. The Morgan fingerprint density at radius 2 is 1.52 bits per heavy atom. The highest BCUT2D eigenvalue weighted by Crippen LogP contribution is 2.32. The van der Waals surface area contributed by atoms with Gasteiger partial charge in [-0.2, -0.15) is 0 Å². The van der Waals surface area contributed by atoms with E-state index in [-0.39, 0.29) is 30.0 Å². The zero-order chi connectivity index (χ0) is 31.9. The number of benzene rings is 4. The number of ether oxygens (including phenoxy) is 1. The van der Waals surface area contributed by atoms with Crippen LogP contribution in [0.4, 0.5) is 10.5 Å². The number of para-hydroxylation sites is 1. The first-order valence-corrected chi connectivity index (χ1v) is 14.6. The summed E-state index contributed by atoms with van der Waals surface area (Å²) in [5.74, 6) is -1.14. The molecule has 9 heteroatoms. The summed E-state index contributed by atoms with van der Waals surface area (Å²) in [6.45, 7) is 7.19. The number of fused-ring (bicyclic) bond motifs is 1. The van der Waals surface area contributed by atoms with Crippen LogP contribution in [-0.2, 0) is 20.7 Å². The molecule has 230 valence electrons. The van der Waals surface area contributed by atoms with E-state index in [9.17, 15) is 24.6 Å². The van der Waals surface area contributed by atoms with E-state index >= 15 is 0 Å². The van der Waals surface area contributed by atoms with Crippen LogP contribution in [0.5, 0.6) is 11.5 Å². The first-order valence-electron chi connectivity index (χ1n) is 14.6. The highest BCUT2D eigenvalue weighted by Gasteiger charge is 2.37. The van der Waals surface area contributed by atoms with Crippen molar-refractivity contribution in [2.75, 3.05) is 11.9 Å². The topological polar surface area (TPSA) is 128 Å². The number of anilines is 1. The number of phenols is 2. The van der Waals surface area contributed by atoms with Gasteiger partial charge in [-0.3, -0.25) is 9.59 Å². The monoisotopic (exact) mass is 597 g/mol. The van der Waals surface area contributed by atoms with Gasteiger partial charge in [-0.05, 0) is 73.9 Å². The van der Waals surface area contributed by atoms with Crippen molar-refractivity contribution in [2.45, 2.75) is 58.2 Å². The Hall–Kier alpha value is -5.05. The van der Waals surface area contributed by atoms with Crippen LogP contribution < -0.4 is 10.6 Å². The van der Waals surface area contributed by atoms with Crippen LogP contribution in [0.25, 0.3) is 10.8 Å². The van der Waals surface area contributed by atoms with Crippen LogP contribution >= 0.6 is 0 Å². The molecule has 0 fully saturated rings. The van der Waals surface area contributed by atoms with Crippen molar-refractivity contribution < 1.29 is 29.3 Å². The molecule has 0 saturated carbocycles. The van der Waals surface area contributed by atoms with E-state index in [4.69, 9.17) is 4.74 Å². The van der Waals surface area contributed by atoms with Gasteiger partial charge in [0.1, 0.15) is 29.2 Å². The minimum Gasteiger partial charge on any atom is -0.508 e. The zero-order valence-corrected chi connectivity index (χ0v) is 25.4.